The predicted molar refractivity (Wildman–Crippen MR) is 19.9 cm³/mol. The minimum atomic E-state index is -0.125. The summed E-state index contributed by atoms with van der Waals surface area (Å²) in [6.45, 7) is -0.250. The largest absolute Gasteiger partial charge is 0.394 e. The van der Waals surface area contributed by atoms with E-state index >= 15 is 0 Å². The summed E-state index contributed by atoms with van der Waals surface area (Å²) in [6.07, 6.45) is 0. The van der Waals surface area contributed by atoms with Gasteiger partial charge in [0, 0.05) is 17.1 Å². The van der Waals surface area contributed by atoms with Crippen molar-refractivity contribution in [1.29, 1.82) is 0 Å². The van der Waals surface area contributed by atoms with Crippen LogP contribution >= 0.6 is 0 Å². The second-order valence-electron chi connectivity index (χ2n) is 0.447. The molecule has 0 amide bonds. The topological polar surface area (TPSA) is 40.5 Å². The summed E-state index contributed by atoms with van der Waals surface area (Å²) >= 11 is 0. The van der Waals surface area contributed by atoms with Crippen molar-refractivity contribution in [2.24, 2.45) is 0 Å². The summed E-state index contributed by atoms with van der Waals surface area (Å²) in [4.78, 5) is 0. The maximum absolute atomic E-state index is 7.62. The Morgan fingerprint density at radius 1 is 1.00 bits per heavy atom. The third kappa shape index (κ3) is 12.8. The zero-order valence-corrected chi connectivity index (χ0v) is 4.43. The molecule has 0 aromatic rings. The fourth-order valence-corrected chi connectivity index (χ4v) is 0. The van der Waals surface area contributed by atoms with Crippen molar-refractivity contribution in [2.75, 3.05) is 13.2 Å². The van der Waals surface area contributed by atoms with Crippen LogP contribution in [0.2, 0.25) is 0 Å². The second-order valence-corrected chi connectivity index (χ2v) is 0.447. The van der Waals surface area contributed by atoms with Gasteiger partial charge in [0.1, 0.15) is 0 Å². The van der Waals surface area contributed by atoms with Gasteiger partial charge in [-0.3, -0.25) is 0 Å². The van der Waals surface area contributed by atoms with Crippen LogP contribution in [-0.2, 0) is 0 Å². The Balaban J connectivity index is 0. The second kappa shape index (κ2) is 8.83. The van der Waals surface area contributed by atoms with E-state index < -0.39 is 0 Å². The Kier molecular flexibility index (Phi) is 16.0. The van der Waals surface area contributed by atoms with Crippen LogP contribution in [0.5, 0.6) is 0 Å². The Morgan fingerprint density at radius 3 is 1.20 bits per heavy atom. The molecule has 0 aromatic heterocycles. The van der Waals surface area contributed by atoms with E-state index in [0.717, 1.165) is 0 Å². The molecule has 5 heavy (non-hydrogen) atoms. The standard InChI is InChI=1S/C2H6O2.Se/c3-1-2-4;/h3-4H,1-2H2;. The van der Waals surface area contributed by atoms with Crippen molar-refractivity contribution >= 4 is 17.1 Å². The molecule has 0 saturated heterocycles. The van der Waals surface area contributed by atoms with Crippen LogP contribution in [0.3, 0.4) is 0 Å². The van der Waals surface area contributed by atoms with Gasteiger partial charge in [-0.2, -0.15) is 0 Å². The maximum atomic E-state index is 7.62. The molecular weight excluding hydrogens is 135 g/mol. The number of aliphatic hydroxyl groups is 2. The number of hydrogen-bond donors (Lipinski definition) is 2. The van der Waals surface area contributed by atoms with E-state index in [1.807, 2.05) is 0 Å². The van der Waals surface area contributed by atoms with Gasteiger partial charge in [0.05, 0.1) is 13.2 Å². The van der Waals surface area contributed by atoms with Crippen molar-refractivity contribution < 1.29 is 10.2 Å². The fraction of sp³-hybridized carbons (Fsp3) is 1.00. The summed E-state index contributed by atoms with van der Waals surface area (Å²) in [6, 6.07) is 0. The van der Waals surface area contributed by atoms with E-state index in [2.05, 4.69) is 0 Å². The Labute approximate surface area is 41.3 Å². The Morgan fingerprint density at radius 2 is 1.20 bits per heavy atom. The van der Waals surface area contributed by atoms with Gasteiger partial charge in [-0.25, -0.2) is 0 Å². The van der Waals surface area contributed by atoms with Crippen molar-refractivity contribution in [1.82, 2.24) is 0 Å². The molecule has 3 heteroatoms. The number of aliphatic hydroxyl groups excluding tert-OH is 2. The predicted octanol–water partition coefficient (Wildman–Crippen LogP) is -1.41. The van der Waals surface area contributed by atoms with Gasteiger partial charge in [0.15, 0.2) is 0 Å². The van der Waals surface area contributed by atoms with Crippen LogP contribution in [-0.4, -0.2) is 40.5 Å². The van der Waals surface area contributed by atoms with Gasteiger partial charge in [-0.15, -0.1) is 0 Å². The summed E-state index contributed by atoms with van der Waals surface area (Å²) in [5.74, 6) is 0. The minimum absolute atomic E-state index is 0. The maximum Gasteiger partial charge on any atom is 0.0662 e. The van der Waals surface area contributed by atoms with Crippen LogP contribution in [0.4, 0.5) is 0 Å². The molecule has 0 fully saturated rings. The summed E-state index contributed by atoms with van der Waals surface area (Å²) in [5, 5.41) is 15.2. The molecule has 0 bridgehead atoms. The van der Waals surface area contributed by atoms with Crippen molar-refractivity contribution in [2.45, 2.75) is 0 Å². The van der Waals surface area contributed by atoms with Crippen LogP contribution in [0.1, 0.15) is 0 Å². The minimum Gasteiger partial charge on any atom is -0.394 e. The van der Waals surface area contributed by atoms with Gasteiger partial charge < -0.3 is 10.2 Å². The SMILES string of the molecule is OCCO.[Se]. The Hall–Kier alpha value is 0.439. The number of hydrogen-bond acceptors (Lipinski definition) is 2. The van der Waals surface area contributed by atoms with Crippen molar-refractivity contribution in [3.05, 3.63) is 0 Å². The number of rotatable bonds is 1. The molecule has 0 aliphatic heterocycles. The molecule has 0 aliphatic rings. The third-order valence-electron chi connectivity index (χ3n) is 0.1000. The molecule has 0 aliphatic carbocycles. The van der Waals surface area contributed by atoms with Crippen LogP contribution in [0, 0.1) is 0 Å². The third-order valence-corrected chi connectivity index (χ3v) is 0.1000. The van der Waals surface area contributed by atoms with Crippen LogP contribution < -0.4 is 0 Å². The molecule has 2 radical (unpaired) electrons. The smallest absolute Gasteiger partial charge is 0.0662 e. The summed E-state index contributed by atoms with van der Waals surface area (Å²) < 4.78 is 0. The van der Waals surface area contributed by atoms with Crippen LogP contribution in [0.15, 0.2) is 0 Å². The first-order chi connectivity index (χ1) is 1.91. The molecule has 2 nitrogen and oxygen atoms in total. The van der Waals surface area contributed by atoms with E-state index in [1.54, 1.807) is 0 Å². The van der Waals surface area contributed by atoms with Crippen LogP contribution in [0.25, 0.3) is 0 Å². The monoisotopic (exact) mass is 142 g/mol. The average Bonchev–Trinajstić information content (AvgIpc) is 1.37. The molecule has 0 atom stereocenters. The van der Waals surface area contributed by atoms with Gasteiger partial charge in [0.2, 0.25) is 0 Å². The van der Waals surface area contributed by atoms with Gasteiger partial charge in [-0.05, 0) is 0 Å². The fourth-order valence-electron chi connectivity index (χ4n) is 0. The van der Waals surface area contributed by atoms with E-state index in [9.17, 15) is 0 Å². The van der Waals surface area contributed by atoms with Gasteiger partial charge in [-0.1, -0.05) is 0 Å². The molecule has 32 valence electrons. The normalized spacial score (nSPS) is 6.00. The first-order valence-electron chi connectivity index (χ1n) is 1.13. The van der Waals surface area contributed by atoms with E-state index in [0.29, 0.717) is 0 Å². The van der Waals surface area contributed by atoms with E-state index in [4.69, 9.17) is 10.2 Å². The van der Waals surface area contributed by atoms with Gasteiger partial charge in [0.25, 0.3) is 0 Å². The first kappa shape index (κ1) is 9.06. The Bertz CT molecular complexity index is 9.61. The molecule has 0 heterocycles. The molecule has 0 saturated carbocycles. The summed E-state index contributed by atoms with van der Waals surface area (Å²) in [5.41, 5.74) is 0. The molecule has 0 unspecified atom stereocenters. The van der Waals surface area contributed by atoms with Gasteiger partial charge >= 0.3 is 0 Å². The van der Waals surface area contributed by atoms with Crippen molar-refractivity contribution in [3.63, 3.8) is 0 Å². The first-order valence-corrected chi connectivity index (χ1v) is 1.13. The van der Waals surface area contributed by atoms with Crippen molar-refractivity contribution in [3.8, 4) is 0 Å². The van der Waals surface area contributed by atoms with E-state index in [-0.39, 0.29) is 30.3 Å². The average molecular weight is 141 g/mol. The zero-order valence-electron chi connectivity index (χ0n) is 2.72. The molecule has 2 N–H and O–H groups in total. The summed E-state index contributed by atoms with van der Waals surface area (Å²) in [7, 11) is 0. The van der Waals surface area contributed by atoms with E-state index in [1.165, 1.54) is 0 Å². The molecular formula is C2H6O2Se. The zero-order chi connectivity index (χ0) is 3.41. The quantitative estimate of drug-likeness (QED) is 0.440. The molecule has 0 rings (SSSR count). The molecule has 0 spiro atoms. The molecule has 0 aromatic carbocycles.